The maximum atomic E-state index is 12.3. The van der Waals surface area contributed by atoms with Crippen LogP contribution in [0.4, 0.5) is 4.79 Å². The van der Waals surface area contributed by atoms with E-state index < -0.39 is 35.6 Å². The van der Waals surface area contributed by atoms with Crippen molar-refractivity contribution in [3.05, 3.63) is 40.9 Å². The fourth-order valence-corrected chi connectivity index (χ4v) is 2.95. The summed E-state index contributed by atoms with van der Waals surface area (Å²) in [6, 6.07) is 7.06. The van der Waals surface area contributed by atoms with E-state index in [0.717, 1.165) is 11.0 Å². The molecule has 1 aliphatic rings. The van der Waals surface area contributed by atoms with Gasteiger partial charge in [0.15, 0.2) is 0 Å². The van der Waals surface area contributed by atoms with E-state index in [9.17, 15) is 9.59 Å². The maximum absolute atomic E-state index is 12.3. The molecule has 1 heterocycles. The monoisotopic (exact) mass is 459 g/mol. The van der Waals surface area contributed by atoms with Gasteiger partial charge >= 0.3 is 19.2 Å². The number of nitrogens with one attached hydrogen (secondary N) is 1. The zero-order chi connectivity index (χ0) is 25.2. The van der Waals surface area contributed by atoms with Crippen LogP contribution in [0.2, 0.25) is 0 Å². The predicted molar refractivity (Wildman–Crippen MR) is 130 cm³/mol. The Hall–Kier alpha value is -2.32. The minimum absolute atomic E-state index is 0.180. The molecule has 0 radical (unpaired) electrons. The lowest BCUT2D eigenvalue weighted by atomic mass is 9.77. The van der Waals surface area contributed by atoms with Crippen molar-refractivity contribution in [1.29, 1.82) is 0 Å². The van der Waals surface area contributed by atoms with Gasteiger partial charge in [-0.25, -0.2) is 9.59 Å². The molecule has 0 saturated carbocycles. The molecule has 1 saturated heterocycles. The van der Waals surface area contributed by atoms with Gasteiger partial charge in [-0.1, -0.05) is 18.2 Å². The first kappa shape index (κ1) is 26.9. The molecule has 0 atom stereocenters. The van der Waals surface area contributed by atoms with Gasteiger partial charge in [-0.2, -0.15) is 0 Å². The van der Waals surface area contributed by atoms with Crippen LogP contribution in [-0.2, 0) is 18.8 Å². The molecule has 0 aromatic heterocycles. The maximum Gasteiger partial charge on any atom is 0.492 e. The van der Waals surface area contributed by atoms with Gasteiger partial charge in [0.1, 0.15) is 11.2 Å². The van der Waals surface area contributed by atoms with Crippen LogP contribution in [0.1, 0.15) is 85.2 Å². The molecule has 1 amide bonds. The third-order valence-corrected chi connectivity index (χ3v) is 5.29. The summed E-state index contributed by atoms with van der Waals surface area (Å²) >= 11 is 0. The Bertz CT molecular complexity index is 875. The normalized spacial score (nSPS) is 18.1. The summed E-state index contributed by atoms with van der Waals surface area (Å²) in [5, 5.41) is 2.78. The Balaban J connectivity index is 2.25. The minimum Gasteiger partial charge on any atom is -0.456 e. The van der Waals surface area contributed by atoms with Crippen molar-refractivity contribution < 1.29 is 28.4 Å². The van der Waals surface area contributed by atoms with E-state index in [1.165, 1.54) is 0 Å². The Morgan fingerprint density at radius 2 is 1.39 bits per heavy atom. The molecule has 8 heteroatoms. The zero-order valence-corrected chi connectivity index (χ0v) is 21.6. The highest BCUT2D eigenvalue weighted by molar-refractivity contribution is 6.56. The summed E-state index contributed by atoms with van der Waals surface area (Å²) in [7, 11) is -0.643. The molecule has 1 aliphatic heterocycles. The first-order valence-corrected chi connectivity index (χ1v) is 11.2. The smallest absolute Gasteiger partial charge is 0.456 e. The van der Waals surface area contributed by atoms with Gasteiger partial charge in [-0.15, -0.1) is 0 Å². The summed E-state index contributed by atoms with van der Waals surface area (Å²) in [5.41, 5.74) is -0.191. The average Bonchev–Trinajstić information content (AvgIpc) is 2.83. The molecule has 0 bridgehead atoms. The molecular weight excluding hydrogens is 421 g/mol. The minimum atomic E-state index is -0.643. The molecule has 0 spiro atoms. The van der Waals surface area contributed by atoms with E-state index in [1.807, 2.05) is 87.4 Å². The molecule has 1 aromatic carbocycles. The molecule has 1 N–H and O–H groups in total. The zero-order valence-electron chi connectivity index (χ0n) is 21.6. The number of esters is 1. The van der Waals surface area contributed by atoms with Crippen LogP contribution in [0.3, 0.4) is 0 Å². The molecule has 33 heavy (non-hydrogen) atoms. The van der Waals surface area contributed by atoms with Crippen molar-refractivity contribution in [2.45, 2.75) is 91.6 Å². The van der Waals surface area contributed by atoms with Gasteiger partial charge in [-0.3, -0.25) is 0 Å². The molecule has 2 rings (SSSR count). The highest BCUT2D eigenvalue weighted by atomic mass is 16.7. The average molecular weight is 459 g/mol. The highest BCUT2D eigenvalue weighted by Crippen LogP contribution is 2.38. The number of hydrogen-bond acceptors (Lipinski definition) is 6. The van der Waals surface area contributed by atoms with Crippen molar-refractivity contribution in [2.75, 3.05) is 6.54 Å². The van der Waals surface area contributed by atoms with Crippen molar-refractivity contribution in [1.82, 2.24) is 5.32 Å². The lowest BCUT2D eigenvalue weighted by Crippen LogP contribution is -2.41. The second-order valence-electron chi connectivity index (χ2n) is 11.3. The van der Waals surface area contributed by atoms with Crippen molar-refractivity contribution >= 4 is 25.3 Å². The standard InChI is InChI=1S/C25H38BNO6/c1-22(2,3)30-20(28)18-13-11-17(12-14-18)15-19(16-27-21(29)31-23(4,5)6)26-32-24(7,8)25(9,10)33-26/h11-15H,16H2,1-10H3,(H,27,29). The third kappa shape index (κ3) is 7.89. The number of rotatable bonds is 5. The number of alkyl carbamates (subject to hydrolysis) is 1. The van der Waals surface area contributed by atoms with Gasteiger partial charge in [-0.05, 0) is 92.4 Å². The van der Waals surface area contributed by atoms with E-state index in [1.54, 1.807) is 12.1 Å². The third-order valence-electron chi connectivity index (χ3n) is 5.29. The Labute approximate surface area is 198 Å². The molecule has 1 aromatic rings. The Kier molecular flexibility index (Phi) is 7.76. The highest BCUT2D eigenvalue weighted by Gasteiger charge is 2.52. The van der Waals surface area contributed by atoms with Gasteiger partial charge in [0, 0.05) is 6.54 Å². The predicted octanol–water partition coefficient (Wildman–Crippen LogP) is 5.18. The van der Waals surface area contributed by atoms with Crippen molar-refractivity contribution in [2.24, 2.45) is 0 Å². The van der Waals surface area contributed by atoms with Gasteiger partial charge in [0.25, 0.3) is 0 Å². The van der Waals surface area contributed by atoms with Crippen LogP contribution in [0.25, 0.3) is 6.08 Å². The number of carbonyl (C=O) groups is 2. The van der Waals surface area contributed by atoms with Crippen LogP contribution in [-0.4, -0.2) is 48.1 Å². The molecule has 182 valence electrons. The molecule has 0 aliphatic carbocycles. The first-order valence-electron chi connectivity index (χ1n) is 11.2. The summed E-state index contributed by atoms with van der Waals surface area (Å²) in [5.74, 6) is -0.379. The number of benzene rings is 1. The molecule has 0 unspecified atom stereocenters. The van der Waals surface area contributed by atoms with E-state index >= 15 is 0 Å². The topological polar surface area (TPSA) is 83.1 Å². The first-order chi connectivity index (χ1) is 14.9. The molecule has 1 fully saturated rings. The summed E-state index contributed by atoms with van der Waals surface area (Å²) in [6.45, 7) is 19.0. The van der Waals surface area contributed by atoms with Crippen molar-refractivity contribution in [3.63, 3.8) is 0 Å². The molecule has 7 nitrogen and oxygen atoms in total. The summed E-state index contributed by atoms with van der Waals surface area (Å²) in [4.78, 5) is 24.5. The number of ether oxygens (including phenoxy) is 2. The van der Waals surface area contributed by atoms with Crippen LogP contribution >= 0.6 is 0 Å². The second kappa shape index (κ2) is 9.51. The lowest BCUT2D eigenvalue weighted by molar-refractivity contribution is 0.00578. The SMILES string of the molecule is CC(C)(C)OC(=O)NCC(=Cc1ccc(C(=O)OC(C)(C)C)cc1)B1OC(C)(C)C(C)(C)O1. The van der Waals surface area contributed by atoms with Crippen LogP contribution < -0.4 is 5.32 Å². The quantitative estimate of drug-likeness (QED) is 0.483. The lowest BCUT2D eigenvalue weighted by Gasteiger charge is -2.32. The van der Waals surface area contributed by atoms with Crippen LogP contribution in [0.5, 0.6) is 0 Å². The largest absolute Gasteiger partial charge is 0.492 e. The van der Waals surface area contributed by atoms with Gasteiger partial charge < -0.3 is 24.1 Å². The fraction of sp³-hybridized carbons (Fsp3) is 0.600. The second-order valence-corrected chi connectivity index (χ2v) is 11.3. The Morgan fingerprint density at radius 1 is 0.909 bits per heavy atom. The van der Waals surface area contributed by atoms with Gasteiger partial charge in [0.05, 0.1) is 16.8 Å². The number of carbonyl (C=O) groups excluding carboxylic acids is 2. The number of amides is 1. The summed E-state index contributed by atoms with van der Waals surface area (Å²) < 4.78 is 23.2. The fourth-order valence-electron chi connectivity index (χ4n) is 2.95. The van der Waals surface area contributed by atoms with E-state index in [0.29, 0.717) is 5.56 Å². The van der Waals surface area contributed by atoms with Crippen LogP contribution in [0.15, 0.2) is 29.7 Å². The Morgan fingerprint density at radius 3 is 1.85 bits per heavy atom. The van der Waals surface area contributed by atoms with Crippen LogP contribution in [0, 0.1) is 0 Å². The summed E-state index contributed by atoms with van der Waals surface area (Å²) in [6.07, 6.45) is 1.36. The van der Waals surface area contributed by atoms with E-state index in [2.05, 4.69) is 5.32 Å². The van der Waals surface area contributed by atoms with Gasteiger partial charge in [0.2, 0.25) is 0 Å². The van der Waals surface area contributed by atoms with Crippen molar-refractivity contribution in [3.8, 4) is 0 Å². The molecular formula is C25H38BNO6. The van der Waals surface area contributed by atoms with E-state index in [4.69, 9.17) is 18.8 Å². The number of hydrogen-bond donors (Lipinski definition) is 1. The van der Waals surface area contributed by atoms with E-state index in [-0.39, 0.29) is 12.5 Å².